The zero-order chi connectivity index (χ0) is 28.9. The van der Waals surface area contributed by atoms with E-state index in [1.807, 2.05) is 0 Å². The van der Waals surface area contributed by atoms with Crippen molar-refractivity contribution in [3.63, 3.8) is 0 Å². The second-order valence-corrected chi connectivity index (χ2v) is 11.6. The van der Waals surface area contributed by atoms with Crippen molar-refractivity contribution in [2.75, 3.05) is 13.7 Å². The van der Waals surface area contributed by atoms with Crippen LogP contribution in [0.2, 0.25) is 0 Å². The van der Waals surface area contributed by atoms with E-state index in [1.165, 1.54) is 154 Å². The summed E-state index contributed by atoms with van der Waals surface area (Å²) in [5.74, 6) is 0.134. The molecule has 0 aromatic heterocycles. The lowest BCUT2D eigenvalue weighted by molar-refractivity contribution is -0.137. The molecule has 0 saturated carbocycles. The molecular formula is C36H62O4. The van der Waals surface area contributed by atoms with Gasteiger partial charge < -0.3 is 14.6 Å². The van der Waals surface area contributed by atoms with Crippen LogP contribution in [-0.4, -0.2) is 24.8 Å². The van der Waals surface area contributed by atoms with Gasteiger partial charge in [0, 0.05) is 6.08 Å². The third-order valence-corrected chi connectivity index (χ3v) is 7.86. The number of carbonyl (C=O) groups is 1. The normalized spacial score (nSPS) is 11.3. The Morgan fingerprint density at radius 3 is 1.45 bits per heavy atom. The SMILES string of the molecule is CCCCCCCCCCCCCCCCCCCCCCCCCCOC(=O)/C=C\c1ccc(O)c(OC)c1. The number of methoxy groups -OCH3 is 1. The molecule has 4 heteroatoms. The molecule has 0 unspecified atom stereocenters. The van der Waals surface area contributed by atoms with Crippen LogP contribution < -0.4 is 4.74 Å². The molecule has 230 valence electrons. The van der Waals surface area contributed by atoms with Crippen molar-refractivity contribution in [2.45, 2.75) is 161 Å². The summed E-state index contributed by atoms with van der Waals surface area (Å²) < 4.78 is 10.4. The van der Waals surface area contributed by atoms with Crippen molar-refractivity contribution >= 4 is 12.0 Å². The molecule has 0 saturated heterocycles. The van der Waals surface area contributed by atoms with Crippen LogP contribution in [0.4, 0.5) is 0 Å². The van der Waals surface area contributed by atoms with Crippen molar-refractivity contribution in [1.29, 1.82) is 0 Å². The van der Waals surface area contributed by atoms with Gasteiger partial charge in [-0.25, -0.2) is 4.79 Å². The summed E-state index contributed by atoms with van der Waals surface area (Å²) in [5, 5.41) is 9.62. The number of phenolic OH excluding ortho intramolecular Hbond substituents is 1. The number of esters is 1. The van der Waals surface area contributed by atoms with Gasteiger partial charge in [0.15, 0.2) is 11.5 Å². The number of rotatable bonds is 28. The van der Waals surface area contributed by atoms with Gasteiger partial charge in [0.05, 0.1) is 13.7 Å². The van der Waals surface area contributed by atoms with Gasteiger partial charge in [-0.05, 0) is 30.2 Å². The average molecular weight is 559 g/mol. The van der Waals surface area contributed by atoms with Crippen LogP contribution >= 0.6 is 0 Å². The molecule has 0 atom stereocenters. The number of unbranched alkanes of at least 4 members (excludes halogenated alkanes) is 23. The number of aromatic hydroxyl groups is 1. The number of hydrogen-bond acceptors (Lipinski definition) is 4. The molecule has 0 spiro atoms. The van der Waals surface area contributed by atoms with Crippen molar-refractivity contribution in [1.82, 2.24) is 0 Å². The molecule has 1 rings (SSSR count). The van der Waals surface area contributed by atoms with E-state index in [9.17, 15) is 9.90 Å². The highest BCUT2D eigenvalue weighted by Gasteiger charge is 2.02. The standard InChI is InChI=1S/C36H62O4/c1-3-4-5-6-7-8-9-10-11-12-13-14-15-16-17-18-19-20-21-22-23-24-25-26-31-40-36(38)30-28-33-27-29-34(37)35(32-33)39-2/h27-30,32,37H,3-26,31H2,1-2H3/b30-28-. The molecule has 40 heavy (non-hydrogen) atoms. The zero-order valence-electron chi connectivity index (χ0n) is 26.2. The molecule has 1 aromatic carbocycles. The Labute approximate surface area is 247 Å². The van der Waals surface area contributed by atoms with Crippen LogP contribution in [0, 0.1) is 0 Å². The maximum Gasteiger partial charge on any atom is 0.330 e. The Kier molecular flexibility index (Phi) is 24.5. The number of ether oxygens (including phenoxy) is 2. The first-order valence-corrected chi connectivity index (χ1v) is 16.9. The van der Waals surface area contributed by atoms with Crippen molar-refractivity contribution < 1.29 is 19.4 Å². The maximum atomic E-state index is 11.9. The van der Waals surface area contributed by atoms with E-state index in [4.69, 9.17) is 9.47 Å². The Bertz CT molecular complexity index is 742. The molecule has 0 heterocycles. The summed E-state index contributed by atoms with van der Waals surface area (Å²) in [5.41, 5.74) is 0.779. The van der Waals surface area contributed by atoms with Crippen molar-refractivity contribution in [3.8, 4) is 11.5 Å². The molecule has 4 nitrogen and oxygen atoms in total. The van der Waals surface area contributed by atoms with Gasteiger partial charge in [-0.2, -0.15) is 0 Å². The molecule has 0 bridgehead atoms. The summed E-state index contributed by atoms with van der Waals surface area (Å²) >= 11 is 0. The van der Waals surface area contributed by atoms with Gasteiger partial charge in [-0.3, -0.25) is 0 Å². The molecule has 0 fully saturated rings. The molecule has 1 N–H and O–H groups in total. The molecule has 0 aliphatic carbocycles. The topological polar surface area (TPSA) is 55.8 Å². The van der Waals surface area contributed by atoms with E-state index >= 15 is 0 Å². The minimum absolute atomic E-state index is 0.0811. The Balaban J connectivity index is 1.77. The minimum atomic E-state index is -0.332. The maximum absolute atomic E-state index is 11.9. The third-order valence-electron chi connectivity index (χ3n) is 7.86. The second kappa shape index (κ2) is 27.2. The van der Waals surface area contributed by atoms with Gasteiger partial charge in [0.1, 0.15) is 0 Å². The third kappa shape index (κ3) is 21.8. The van der Waals surface area contributed by atoms with Gasteiger partial charge >= 0.3 is 5.97 Å². The summed E-state index contributed by atoms with van der Waals surface area (Å²) in [6.07, 6.45) is 36.2. The molecule has 1 aromatic rings. The van der Waals surface area contributed by atoms with E-state index < -0.39 is 0 Å². The quantitative estimate of drug-likeness (QED) is 0.0631. The molecular weight excluding hydrogens is 496 g/mol. The van der Waals surface area contributed by atoms with Crippen molar-refractivity contribution in [3.05, 3.63) is 29.8 Å². The minimum Gasteiger partial charge on any atom is -0.504 e. The Morgan fingerprint density at radius 1 is 0.650 bits per heavy atom. The van der Waals surface area contributed by atoms with Crippen LogP contribution in [0.15, 0.2) is 24.3 Å². The van der Waals surface area contributed by atoms with Crippen molar-refractivity contribution in [2.24, 2.45) is 0 Å². The van der Waals surface area contributed by atoms with Gasteiger partial charge in [-0.1, -0.05) is 161 Å². The number of phenols is 1. The molecule has 0 aliphatic heterocycles. The first-order valence-electron chi connectivity index (χ1n) is 16.9. The fourth-order valence-electron chi connectivity index (χ4n) is 5.25. The van der Waals surface area contributed by atoms with E-state index in [0.717, 1.165) is 18.4 Å². The highest BCUT2D eigenvalue weighted by molar-refractivity contribution is 5.87. The number of hydrogen-bond donors (Lipinski definition) is 1. The summed E-state index contributed by atoms with van der Waals surface area (Å²) in [7, 11) is 1.50. The fraction of sp³-hybridized carbons (Fsp3) is 0.750. The van der Waals surface area contributed by atoms with Crippen LogP contribution in [0.1, 0.15) is 167 Å². The van der Waals surface area contributed by atoms with Crippen LogP contribution in [-0.2, 0) is 9.53 Å². The highest BCUT2D eigenvalue weighted by atomic mass is 16.5. The summed E-state index contributed by atoms with van der Waals surface area (Å²) in [6.45, 7) is 2.77. The van der Waals surface area contributed by atoms with Crippen LogP contribution in [0.25, 0.3) is 6.08 Å². The van der Waals surface area contributed by atoms with Gasteiger partial charge in [0.25, 0.3) is 0 Å². The number of benzene rings is 1. The first kappa shape index (κ1) is 36.1. The fourth-order valence-corrected chi connectivity index (χ4v) is 5.25. The van der Waals surface area contributed by atoms with E-state index in [1.54, 1.807) is 24.3 Å². The smallest absolute Gasteiger partial charge is 0.330 e. The van der Waals surface area contributed by atoms with Crippen LogP contribution in [0.5, 0.6) is 11.5 Å². The number of carbonyl (C=O) groups excluding carboxylic acids is 1. The van der Waals surface area contributed by atoms with Gasteiger partial charge in [0.2, 0.25) is 0 Å². The lowest BCUT2D eigenvalue weighted by atomic mass is 10.0. The zero-order valence-corrected chi connectivity index (χ0v) is 26.2. The van der Waals surface area contributed by atoms with E-state index in [-0.39, 0.29) is 11.7 Å². The van der Waals surface area contributed by atoms with Crippen LogP contribution in [0.3, 0.4) is 0 Å². The Morgan fingerprint density at radius 2 is 1.05 bits per heavy atom. The first-order chi connectivity index (χ1) is 19.7. The molecule has 0 aliphatic rings. The summed E-state index contributed by atoms with van der Waals surface area (Å²) in [6, 6.07) is 4.95. The predicted octanol–water partition coefficient (Wildman–Crippen LogP) is 11.3. The molecule has 0 amide bonds. The lowest BCUT2D eigenvalue weighted by Crippen LogP contribution is -2.02. The van der Waals surface area contributed by atoms with Gasteiger partial charge in [-0.15, -0.1) is 0 Å². The summed E-state index contributed by atoms with van der Waals surface area (Å²) in [4.78, 5) is 11.9. The monoisotopic (exact) mass is 558 g/mol. The second-order valence-electron chi connectivity index (χ2n) is 11.6. The van der Waals surface area contributed by atoms with E-state index in [2.05, 4.69) is 6.92 Å². The predicted molar refractivity (Wildman–Crippen MR) is 171 cm³/mol. The Hall–Kier alpha value is -1.97. The lowest BCUT2D eigenvalue weighted by Gasteiger charge is -2.05. The van der Waals surface area contributed by atoms with E-state index in [0.29, 0.717) is 12.4 Å². The highest BCUT2D eigenvalue weighted by Crippen LogP contribution is 2.26. The molecule has 0 radical (unpaired) electrons. The average Bonchev–Trinajstić information content (AvgIpc) is 2.96. The largest absolute Gasteiger partial charge is 0.504 e.